The zero-order valence-electron chi connectivity index (χ0n) is 15.7. The molecule has 0 spiro atoms. The molecule has 1 aliphatic carbocycles. The van der Waals surface area contributed by atoms with Crippen molar-refractivity contribution in [1.29, 1.82) is 5.26 Å². The number of carboxylic acid groups (broad SMARTS) is 1. The summed E-state index contributed by atoms with van der Waals surface area (Å²) in [6.45, 7) is 0. The Bertz CT molecular complexity index is 891. The number of nitriles is 1. The van der Waals surface area contributed by atoms with E-state index in [-0.39, 0.29) is 5.57 Å². The molecule has 1 saturated carbocycles. The third-order valence-corrected chi connectivity index (χ3v) is 5.35. The maximum atomic E-state index is 11.2. The molecule has 28 heavy (non-hydrogen) atoms. The first-order chi connectivity index (χ1) is 13.6. The summed E-state index contributed by atoms with van der Waals surface area (Å²) in [5.41, 5.74) is 2.75. The van der Waals surface area contributed by atoms with E-state index in [4.69, 9.17) is 21.9 Å². The van der Waals surface area contributed by atoms with Gasteiger partial charge < -0.3 is 5.11 Å². The Morgan fingerprint density at radius 1 is 1.32 bits per heavy atom. The van der Waals surface area contributed by atoms with Gasteiger partial charge in [0.25, 0.3) is 0 Å². The van der Waals surface area contributed by atoms with Crippen molar-refractivity contribution in [1.82, 2.24) is 0 Å². The Labute approximate surface area is 165 Å². The molecule has 5 nitrogen and oxygen atoms in total. The highest BCUT2D eigenvalue weighted by Gasteiger charge is 2.35. The third-order valence-electron chi connectivity index (χ3n) is 5.35. The molecule has 0 saturated heterocycles. The number of carboxylic acids is 1. The van der Waals surface area contributed by atoms with E-state index in [1.54, 1.807) is 6.08 Å². The number of carbonyl (C=O) groups is 1. The summed E-state index contributed by atoms with van der Waals surface area (Å²) < 4.78 is 0. The molecule has 1 unspecified atom stereocenters. The fourth-order valence-electron chi connectivity index (χ4n) is 3.96. The summed E-state index contributed by atoms with van der Waals surface area (Å²) in [5.74, 6) is 1.83. The van der Waals surface area contributed by atoms with Crippen molar-refractivity contribution >= 4 is 17.4 Å². The van der Waals surface area contributed by atoms with Crippen LogP contribution >= 0.6 is 0 Å². The second-order valence-electron chi connectivity index (χ2n) is 7.16. The fraction of sp³-hybridized carbons (Fsp3) is 0.348. The average Bonchev–Trinajstić information content (AvgIpc) is 3.37. The summed E-state index contributed by atoms with van der Waals surface area (Å²) in [5, 5.41) is 25.1. The van der Waals surface area contributed by atoms with Gasteiger partial charge >= 0.3 is 5.97 Å². The Morgan fingerprint density at radius 3 is 2.64 bits per heavy atom. The van der Waals surface area contributed by atoms with Crippen LogP contribution in [0.15, 0.2) is 53.2 Å². The van der Waals surface area contributed by atoms with Crippen LogP contribution in [0.2, 0.25) is 0 Å². The van der Waals surface area contributed by atoms with Gasteiger partial charge in [-0.05, 0) is 43.0 Å². The molecule has 0 amide bonds. The lowest BCUT2D eigenvalue weighted by Gasteiger charge is -2.28. The molecule has 142 valence electrons. The normalized spacial score (nSPS) is 20.2. The summed E-state index contributed by atoms with van der Waals surface area (Å²) in [6, 6.07) is 9.99. The number of aliphatic carboxylic acids is 1. The highest BCUT2D eigenvalue weighted by molar-refractivity contribution is 5.92. The van der Waals surface area contributed by atoms with Crippen LogP contribution in [0, 0.1) is 29.6 Å². The van der Waals surface area contributed by atoms with E-state index in [0.29, 0.717) is 23.9 Å². The van der Waals surface area contributed by atoms with E-state index in [0.717, 1.165) is 17.8 Å². The Hall–Kier alpha value is -3.31. The molecular weight excluding hydrogens is 350 g/mol. The van der Waals surface area contributed by atoms with Gasteiger partial charge in [-0.1, -0.05) is 30.9 Å². The van der Waals surface area contributed by atoms with E-state index < -0.39 is 5.97 Å². The van der Waals surface area contributed by atoms with Crippen LogP contribution < -0.4 is 5.01 Å². The maximum Gasteiger partial charge on any atom is 0.336 e. The summed E-state index contributed by atoms with van der Waals surface area (Å²) in [7, 11) is 0. The first-order valence-corrected chi connectivity index (χ1v) is 9.54. The molecule has 0 bridgehead atoms. The van der Waals surface area contributed by atoms with Gasteiger partial charge in [0.05, 0.1) is 28.9 Å². The van der Waals surface area contributed by atoms with E-state index >= 15 is 0 Å². The molecule has 1 aromatic carbocycles. The lowest BCUT2D eigenvalue weighted by atomic mass is 9.93. The fourth-order valence-corrected chi connectivity index (χ4v) is 3.96. The predicted octanol–water partition coefficient (Wildman–Crippen LogP) is 4.27. The lowest BCUT2D eigenvalue weighted by molar-refractivity contribution is -0.132. The molecule has 1 aromatic rings. The first kappa shape index (κ1) is 19.5. The van der Waals surface area contributed by atoms with Crippen LogP contribution in [-0.2, 0) is 4.79 Å². The van der Waals surface area contributed by atoms with Gasteiger partial charge in [0.2, 0.25) is 0 Å². The summed E-state index contributed by atoms with van der Waals surface area (Å²) in [4.78, 5) is 11.2. The third kappa shape index (κ3) is 4.50. The van der Waals surface area contributed by atoms with Crippen LogP contribution in [0.25, 0.3) is 0 Å². The number of anilines is 1. The van der Waals surface area contributed by atoms with Crippen molar-refractivity contribution in [2.24, 2.45) is 11.0 Å². The molecular formula is C23H23N3O2. The number of hydrogen-bond donors (Lipinski definition) is 1. The van der Waals surface area contributed by atoms with E-state index in [1.807, 2.05) is 30.3 Å². The number of benzene rings is 1. The lowest BCUT2D eigenvalue weighted by Crippen LogP contribution is -2.32. The minimum atomic E-state index is -1.04. The SMILES string of the molecule is C#C/C=C(\C=C/CC1=NN(c2ccc(C#N)cc2)C(C2CCCC2)C1)C(=O)O. The smallest absolute Gasteiger partial charge is 0.336 e. The van der Waals surface area contributed by atoms with Crippen molar-refractivity contribution < 1.29 is 9.90 Å². The zero-order valence-corrected chi connectivity index (χ0v) is 15.7. The second kappa shape index (κ2) is 9.06. The second-order valence-corrected chi connectivity index (χ2v) is 7.16. The summed E-state index contributed by atoms with van der Waals surface area (Å²) >= 11 is 0. The van der Waals surface area contributed by atoms with Gasteiger partial charge in [0.1, 0.15) is 0 Å². The molecule has 1 heterocycles. The van der Waals surface area contributed by atoms with Gasteiger partial charge in [-0.25, -0.2) is 4.79 Å². The largest absolute Gasteiger partial charge is 0.478 e. The predicted molar refractivity (Wildman–Crippen MR) is 110 cm³/mol. The van der Waals surface area contributed by atoms with Gasteiger partial charge in [-0.2, -0.15) is 10.4 Å². The molecule has 1 aliphatic heterocycles. The maximum absolute atomic E-state index is 11.2. The Morgan fingerprint density at radius 2 is 2.04 bits per heavy atom. The van der Waals surface area contributed by atoms with Gasteiger partial charge in [-0.3, -0.25) is 5.01 Å². The van der Waals surface area contributed by atoms with Gasteiger partial charge in [0.15, 0.2) is 0 Å². The molecule has 1 N–H and O–H groups in total. The topological polar surface area (TPSA) is 76.7 Å². The molecule has 3 rings (SSSR count). The number of hydrazone groups is 1. The quantitative estimate of drug-likeness (QED) is 0.459. The van der Waals surface area contributed by atoms with Gasteiger partial charge in [0, 0.05) is 24.6 Å². The van der Waals surface area contributed by atoms with Crippen molar-refractivity contribution in [3.8, 4) is 18.4 Å². The van der Waals surface area contributed by atoms with Crippen molar-refractivity contribution in [3.05, 3.63) is 53.6 Å². The van der Waals surface area contributed by atoms with Crippen LogP contribution in [0.3, 0.4) is 0 Å². The molecule has 2 aliphatic rings. The van der Waals surface area contributed by atoms with Crippen LogP contribution in [0.1, 0.15) is 44.1 Å². The molecule has 1 atom stereocenters. The minimum Gasteiger partial charge on any atom is -0.478 e. The standard InChI is InChI=1S/C23H23N3O2/c1-2-6-19(23(27)28)9-5-10-20-15-22(18-7-3-4-8-18)26(25-20)21-13-11-17(16-24)12-14-21/h1,5-6,9,11-14,18,22H,3-4,7-8,10,15H2,(H,27,28)/b9-5-,19-6+. The number of rotatable bonds is 6. The van der Waals surface area contributed by atoms with Crippen molar-refractivity contribution in [2.45, 2.75) is 44.6 Å². The Kier molecular flexibility index (Phi) is 6.29. The molecule has 1 fully saturated rings. The number of terminal acetylenes is 1. The number of nitrogens with zero attached hydrogens (tertiary/aromatic N) is 3. The van der Waals surface area contributed by atoms with Gasteiger partial charge in [-0.15, -0.1) is 6.42 Å². The average molecular weight is 373 g/mol. The highest BCUT2D eigenvalue weighted by atomic mass is 16.4. The highest BCUT2D eigenvalue weighted by Crippen LogP contribution is 2.37. The van der Waals surface area contributed by atoms with Crippen LogP contribution in [0.5, 0.6) is 0 Å². The molecule has 0 radical (unpaired) electrons. The first-order valence-electron chi connectivity index (χ1n) is 9.54. The van der Waals surface area contributed by atoms with Crippen LogP contribution in [0.4, 0.5) is 5.69 Å². The zero-order chi connectivity index (χ0) is 19.9. The van der Waals surface area contributed by atoms with E-state index in [1.165, 1.54) is 31.8 Å². The van der Waals surface area contributed by atoms with E-state index in [2.05, 4.69) is 17.0 Å². The van der Waals surface area contributed by atoms with Crippen LogP contribution in [-0.4, -0.2) is 22.8 Å². The Balaban J connectivity index is 1.78. The molecule has 0 aromatic heterocycles. The summed E-state index contributed by atoms with van der Waals surface area (Å²) in [6.07, 6.45) is 16.2. The molecule has 5 heteroatoms. The van der Waals surface area contributed by atoms with Crippen molar-refractivity contribution in [2.75, 3.05) is 5.01 Å². The number of allylic oxidation sites excluding steroid dienone is 2. The van der Waals surface area contributed by atoms with E-state index in [9.17, 15) is 4.79 Å². The van der Waals surface area contributed by atoms with Crippen molar-refractivity contribution in [3.63, 3.8) is 0 Å². The minimum absolute atomic E-state index is 0.0948. The number of hydrogen-bond acceptors (Lipinski definition) is 4. The monoisotopic (exact) mass is 373 g/mol.